The van der Waals surface area contributed by atoms with Crippen LogP contribution >= 0.6 is 11.6 Å². The quantitative estimate of drug-likeness (QED) is 0.703. The third kappa shape index (κ3) is 2.25. The Bertz CT molecular complexity index is 307. The summed E-state index contributed by atoms with van der Waals surface area (Å²) in [6.07, 6.45) is 1.72. The normalized spacial score (nSPS) is 10.1. The first-order valence-corrected chi connectivity index (χ1v) is 4.59. The number of hydrogen-bond donors (Lipinski definition) is 0. The van der Waals surface area contributed by atoms with Gasteiger partial charge in [0.05, 0.1) is 11.6 Å². The number of rotatable bonds is 3. The Labute approximate surface area is 82.3 Å². The lowest BCUT2D eigenvalue weighted by molar-refractivity contribution is 0.0514. The minimum Gasteiger partial charge on any atom is -0.461 e. The second kappa shape index (κ2) is 4.33. The van der Waals surface area contributed by atoms with E-state index in [9.17, 15) is 4.79 Å². The van der Waals surface area contributed by atoms with Gasteiger partial charge in [0, 0.05) is 12.7 Å². The fraction of sp³-hybridized carbons (Fsp3) is 0.444. The minimum atomic E-state index is -0.323. The van der Waals surface area contributed by atoms with E-state index in [0.29, 0.717) is 23.9 Å². The smallest absolute Gasteiger partial charge is 0.354 e. The zero-order valence-corrected chi connectivity index (χ0v) is 8.47. The molecule has 0 aliphatic carbocycles. The van der Waals surface area contributed by atoms with Crippen LogP contribution in [-0.2, 0) is 11.3 Å². The van der Waals surface area contributed by atoms with Crippen molar-refractivity contribution in [2.45, 2.75) is 20.4 Å². The molecule has 0 saturated carbocycles. The van der Waals surface area contributed by atoms with Crippen molar-refractivity contribution < 1.29 is 9.53 Å². The van der Waals surface area contributed by atoms with Gasteiger partial charge in [-0.3, -0.25) is 0 Å². The van der Waals surface area contributed by atoms with Gasteiger partial charge in [-0.1, -0.05) is 11.6 Å². The summed E-state index contributed by atoms with van der Waals surface area (Å²) in [6.45, 7) is 4.81. The molecule has 0 amide bonds. The van der Waals surface area contributed by atoms with Gasteiger partial charge in [-0.15, -0.1) is 0 Å². The molecule has 0 atom stereocenters. The van der Waals surface area contributed by atoms with Crippen molar-refractivity contribution in [1.29, 1.82) is 0 Å². The molecule has 4 heteroatoms. The molecule has 0 N–H and O–H groups in total. The monoisotopic (exact) mass is 201 g/mol. The predicted octanol–water partition coefficient (Wildman–Crippen LogP) is 2.34. The van der Waals surface area contributed by atoms with Gasteiger partial charge in [0.2, 0.25) is 0 Å². The zero-order valence-electron chi connectivity index (χ0n) is 7.71. The van der Waals surface area contributed by atoms with Crippen molar-refractivity contribution in [3.05, 3.63) is 23.0 Å². The molecule has 0 saturated heterocycles. The Morgan fingerprint density at radius 3 is 2.85 bits per heavy atom. The molecular formula is C9H12ClNO2. The third-order valence-electron chi connectivity index (χ3n) is 1.69. The molecule has 72 valence electrons. The summed E-state index contributed by atoms with van der Waals surface area (Å²) in [6, 6.07) is 1.61. The van der Waals surface area contributed by atoms with Gasteiger partial charge in [-0.05, 0) is 19.9 Å². The van der Waals surface area contributed by atoms with E-state index in [2.05, 4.69) is 0 Å². The average molecular weight is 202 g/mol. The predicted molar refractivity (Wildman–Crippen MR) is 51.1 cm³/mol. The maximum Gasteiger partial charge on any atom is 0.354 e. The molecule has 1 heterocycles. The average Bonchev–Trinajstić information content (AvgIpc) is 2.47. The van der Waals surface area contributed by atoms with Crippen LogP contribution in [0.25, 0.3) is 0 Å². The fourth-order valence-corrected chi connectivity index (χ4v) is 1.33. The van der Waals surface area contributed by atoms with Crippen molar-refractivity contribution in [3.8, 4) is 0 Å². The lowest BCUT2D eigenvalue weighted by Gasteiger charge is -2.04. The number of esters is 1. The third-order valence-corrected chi connectivity index (χ3v) is 1.90. The lowest BCUT2D eigenvalue weighted by Crippen LogP contribution is -2.10. The summed E-state index contributed by atoms with van der Waals surface area (Å²) in [7, 11) is 0. The minimum absolute atomic E-state index is 0.323. The van der Waals surface area contributed by atoms with Crippen LogP contribution in [0.2, 0.25) is 5.02 Å². The fourth-order valence-electron chi connectivity index (χ4n) is 1.11. The topological polar surface area (TPSA) is 31.2 Å². The molecule has 3 nitrogen and oxygen atoms in total. The first-order chi connectivity index (χ1) is 6.19. The lowest BCUT2D eigenvalue weighted by atomic mass is 10.4. The van der Waals surface area contributed by atoms with Crippen molar-refractivity contribution in [1.82, 2.24) is 4.57 Å². The molecule has 0 spiro atoms. The summed E-state index contributed by atoms with van der Waals surface area (Å²) in [5.74, 6) is -0.323. The SMILES string of the molecule is CCOC(=O)c1cc(Cl)cn1CC. The van der Waals surface area contributed by atoms with Gasteiger partial charge in [-0.2, -0.15) is 0 Å². The van der Waals surface area contributed by atoms with Gasteiger partial charge in [0.1, 0.15) is 5.69 Å². The van der Waals surface area contributed by atoms with Gasteiger partial charge >= 0.3 is 5.97 Å². The second-order valence-corrected chi connectivity index (χ2v) is 2.99. The Morgan fingerprint density at radius 2 is 2.31 bits per heavy atom. The van der Waals surface area contributed by atoms with Crippen LogP contribution in [0, 0.1) is 0 Å². The van der Waals surface area contributed by atoms with Gasteiger partial charge in [-0.25, -0.2) is 4.79 Å². The van der Waals surface area contributed by atoms with E-state index in [-0.39, 0.29) is 5.97 Å². The molecule has 1 aromatic heterocycles. The van der Waals surface area contributed by atoms with E-state index in [1.807, 2.05) is 6.92 Å². The Hall–Kier alpha value is -0.960. The van der Waals surface area contributed by atoms with Crippen LogP contribution in [0.5, 0.6) is 0 Å². The summed E-state index contributed by atoms with van der Waals surface area (Å²) >= 11 is 5.76. The molecule has 0 radical (unpaired) electrons. The van der Waals surface area contributed by atoms with Crippen molar-refractivity contribution >= 4 is 17.6 Å². The summed E-state index contributed by atoms with van der Waals surface area (Å²) in [4.78, 5) is 11.3. The standard InChI is InChI=1S/C9H12ClNO2/c1-3-11-6-7(10)5-8(11)9(12)13-4-2/h5-6H,3-4H2,1-2H3. The highest BCUT2D eigenvalue weighted by molar-refractivity contribution is 6.30. The van der Waals surface area contributed by atoms with Crippen molar-refractivity contribution in [2.24, 2.45) is 0 Å². The molecule has 0 unspecified atom stereocenters. The van der Waals surface area contributed by atoms with E-state index in [1.54, 1.807) is 23.8 Å². The van der Waals surface area contributed by atoms with E-state index in [1.165, 1.54) is 0 Å². The van der Waals surface area contributed by atoms with Crippen LogP contribution in [0.3, 0.4) is 0 Å². The number of hydrogen-bond acceptors (Lipinski definition) is 2. The highest BCUT2D eigenvalue weighted by atomic mass is 35.5. The molecule has 1 aromatic rings. The maximum absolute atomic E-state index is 11.3. The number of halogens is 1. The Morgan fingerprint density at radius 1 is 1.62 bits per heavy atom. The van der Waals surface area contributed by atoms with Crippen LogP contribution in [-0.4, -0.2) is 17.1 Å². The number of aryl methyl sites for hydroxylation is 1. The summed E-state index contributed by atoms with van der Waals surface area (Å²) in [5.41, 5.74) is 0.509. The molecule has 0 aromatic carbocycles. The molecular weight excluding hydrogens is 190 g/mol. The van der Waals surface area contributed by atoms with E-state index >= 15 is 0 Å². The number of carbonyl (C=O) groups excluding carboxylic acids is 1. The van der Waals surface area contributed by atoms with Crippen LogP contribution in [0.15, 0.2) is 12.3 Å². The molecule has 0 fully saturated rings. The van der Waals surface area contributed by atoms with Gasteiger partial charge in [0.15, 0.2) is 0 Å². The molecule has 1 rings (SSSR count). The van der Waals surface area contributed by atoms with Crippen LogP contribution in [0.1, 0.15) is 24.3 Å². The second-order valence-electron chi connectivity index (χ2n) is 2.55. The van der Waals surface area contributed by atoms with Crippen molar-refractivity contribution in [3.63, 3.8) is 0 Å². The molecule has 13 heavy (non-hydrogen) atoms. The number of ether oxygens (including phenoxy) is 1. The van der Waals surface area contributed by atoms with Crippen LogP contribution < -0.4 is 0 Å². The first-order valence-electron chi connectivity index (χ1n) is 4.21. The maximum atomic E-state index is 11.3. The van der Waals surface area contributed by atoms with E-state index < -0.39 is 0 Å². The highest BCUT2D eigenvalue weighted by Gasteiger charge is 2.12. The highest BCUT2D eigenvalue weighted by Crippen LogP contribution is 2.14. The summed E-state index contributed by atoms with van der Waals surface area (Å²) < 4.78 is 6.63. The van der Waals surface area contributed by atoms with E-state index in [0.717, 1.165) is 0 Å². The van der Waals surface area contributed by atoms with Gasteiger partial charge in [0.25, 0.3) is 0 Å². The molecule has 0 aliphatic rings. The largest absolute Gasteiger partial charge is 0.461 e. The molecule has 0 bridgehead atoms. The summed E-state index contributed by atoms with van der Waals surface area (Å²) in [5, 5.41) is 0.560. The number of nitrogens with zero attached hydrogens (tertiary/aromatic N) is 1. The number of aromatic nitrogens is 1. The first kappa shape index (κ1) is 10.1. The Balaban J connectivity index is 2.91. The van der Waals surface area contributed by atoms with Crippen LogP contribution in [0.4, 0.5) is 0 Å². The molecule has 0 aliphatic heterocycles. The van der Waals surface area contributed by atoms with E-state index in [4.69, 9.17) is 16.3 Å². The Kier molecular flexibility index (Phi) is 3.37. The van der Waals surface area contributed by atoms with Gasteiger partial charge < -0.3 is 9.30 Å². The van der Waals surface area contributed by atoms with Crippen molar-refractivity contribution in [2.75, 3.05) is 6.61 Å². The zero-order chi connectivity index (χ0) is 9.84. The number of carbonyl (C=O) groups is 1.